The molecule has 0 fully saturated rings. The van der Waals surface area contributed by atoms with Gasteiger partial charge in [-0.05, 0) is 49.4 Å². The van der Waals surface area contributed by atoms with Gasteiger partial charge in [-0.2, -0.15) is 0 Å². The van der Waals surface area contributed by atoms with Crippen LogP contribution in [0.5, 0.6) is 0 Å². The zero-order valence-corrected chi connectivity index (χ0v) is 11.1. The third-order valence-corrected chi connectivity index (χ3v) is 3.12. The maximum Gasteiger partial charge on any atom is -0.00260 e. The molecule has 1 rings (SSSR count). The zero-order valence-electron chi connectivity index (χ0n) is 11.1. The van der Waals surface area contributed by atoms with Gasteiger partial charge in [0, 0.05) is 0 Å². The van der Waals surface area contributed by atoms with Crippen LogP contribution in [0.4, 0.5) is 0 Å². The molecule has 0 radical (unpaired) electrons. The Hall–Kier alpha value is -0.820. The molecule has 0 bridgehead atoms. The topological polar surface area (TPSA) is 12.0 Å². The van der Waals surface area contributed by atoms with Crippen molar-refractivity contribution in [3.05, 3.63) is 35.4 Å². The van der Waals surface area contributed by atoms with E-state index < -0.39 is 0 Å². The molecule has 1 nitrogen and oxygen atoms in total. The third-order valence-electron chi connectivity index (χ3n) is 3.12. The standard InChI is InChI=1S/C15H25N/c1-12(2)15-9-7-14(8-10-15)6-5-13(3)11-16-4/h7-10,12-13,16H,5-6,11H2,1-4H3. The monoisotopic (exact) mass is 219 g/mol. The third kappa shape index (κ3) is 4.36. The lowest BCUT2D eigenvalue weighted by Gasteiger charge is -2.11. The summed E-state index contributed by atoms with van der Waals surface area (Å²) in [6.07, 6.45) is 2.46. The Morgan fingerprint density at radius 1 is 1.06 bits per heavy atom. The normalized spacial score (nSPS) is 13.1. The minimum atomic E-state index is 0.636. The van der Waals surface area contributed by atoms with Crippen molar-refractivity contribution in [3.63, 3.8) is 0 Å². The summed E-state index contributed by atoms with van der Waals surface area (Å²) in [5, 5.41) is 3.23. The summed E-state index contributed by atoms with van der Waals surface area (Å²) in [6, 6.07) is 9.09. The van der Waals surface area contributed by atoms with E-state index in [1.54, 1.807) is 0 Å². The van der Waals surface area contributed by atoms with E-state index in [0.29, 0.717) is 5.92 Å². The van der Waals surface area contributed by atoms with Gasteiger partial charge in [0.15, 0.2) is 0 Å². The summed E-state index contributed by atoms with van der Waals surface area (Å²) < 4.78 is 0. The van der Waals surface area contributed by atoms with Gasteiger partial charge in [0.05, 0.1) is 0 Å². The van der Waals surface area contributed by atoms with Crippen LogP contribution in [0.1, 0.15) is 44.2 Å². The molecule has 0 spiro atoms. The molecular weight excluding hydrogens is 194 g/mol. The second-order valence-electron chi connectivity index (χ2n) is 5.10. The average Bonchev–Trinajstić information content (AvgIpc) is 2.27. The van der Waals surface area contributed by atoms with Gasteiger partial charge in [0.25, 0.3) is 0 Å². The number of hydrogen-bond acceptors (Lipinski definition) is 1. The Balaban J connectivity index is 2.43. The second-order valence-corrected chi connectivity index (χ2v) is 5.10. The van der Waals surface area contributed by atoms with Crippen LogP contribution in [0.2, 0.25) is 0 Å². The SMILES string of the molecule is CNCC(C)CCc1ccc(C(C)C)cc1. The Bertz CT molecular complexity index is 287. The lowest BCUT2D eigenvalue weighted by molar-refractivity contribution is 0.505. The predicted octanol–water partition coefficient (Wildman–Crippen LogP) is 3.60. The van der Waals surface area contributed by atoms with Crippen molar-refractivity contribution >= 4 is 0 Å². The maximum absolute atomic E-state index is 3.23. The van der Waals surface area contributed by atoms with E-state index in [1.165, 1.54) is 24.0 Å². The van der Waals surface area contributed by atoms with E-state index in [9.17, 15) is 0 Å². The van der Waals surface area contributed by atoms with Crippen molar-refractivity contribution in [2.24, 2.45) is 5.92 Å². The van der Waals surface area contributed by atoms with Gasteiger partial charge in [0.1, 0.15) is 0 Å². The van der Waals surface area contributed by atoms with Gasteiger partial charge < -0.3 is 5.32 Å². The van der Waals surface area contributed by atoms with Crippen LogP contribution in [0.15, 0.2) is 24.3 Å². The molecule has 0 aromatic heterocycles. The molecule has 1 heteroatoms. The van der Waals surface area contributed by atoms with Gasteiger partial charge in [0.2, 0.25) is 0 Å². The minimum Gasteiger partial charge on any atom is -0.319 e. The molecule has 1 unspecified atom stereocenters. The average molecular weight is 219 g/mol. The van der Waals surface area contributed by atoms with E-state index in [0.717, 1.165) is 12.5 Å². The first-order chi connectivity index (χ1) is 7.63. The highest BCUT2D eigenvalue weighted by Gasteiger charge is 2.02. The van der Waals surface area contributed by atoms with Crippen LogP contribution >= 0.6 is 0 Å². The van der Waals surface area contributed by atoms with Crippen LogP contribution in [0.3, 0.4) is 0 Å². The quantitative estimate of drug-likeness (QED) is 0.771. The van der Waals surface area contributed by atoms with E-state index in [4.69, 9.17) is 0 Å². The Kier molecular flexibility index (Phi) is 5.54. The summed E-state index contributed by atoms with van der Waals surface area (Å²) in [4.78, 5) is 0. The van der Waals surface area contributed by atoms with Gasteiger partial charge in [-0.25, -0.2) is 0 Å². The lowest BCUT2D eigenvalue weighted by Crippen LogP contribution is -2.16. The van der Waals surface area contributed by atoms with Crippen molar-refractivity contribution in [2.75, 3.05) is 13.6 Å². The van der Waals surface area contributed by atoms with Crippen molar-refractivity contribution in [1.82, 2.24) is 5.32 Å². The smallest absolute Gasteiger partial charge is 0.00260 e. The molecule has 0 heterocycles. The molecule has 0 amide bonds. The number of rotatable bonds is 6. The minimum absolute atomic E-state index is 0.636. The highest BCUT2D eigenvalue weighted by atomic mass is 14.8. The second kappa shape index (κ2) is 6.70. The van der Waals surface area contributed by atoms with Crippen LogP contribution < -0.4 is 5.32 Å². The number of hydrogen-bond donors (Lipinski definition) is 1. The molecule has 0 aliphatic heterocycles. The molecule has 1 aromatic carbocycles. The Morgan fingerprint density at radius 2 is 1.69 bits per heavy atom. The molecule has 90 valence electrons. The Labute approximate surface area is 100 Å². The summed E-state index contributed by atoms with van der Waals surface area (Å²) in [5.74, 6) is 1.40. The van der Waals surface area contributed by atoms with E-state index in [2.05, 4.69) is 50.4 Å². The van der Waals surface area contributed by atoms with Gasteiger partial charge in [-0.3, -0.25) is 0 Å². The Morgan fingerprint density at radius 3 is 2.19 bits per heavy atom. The van der Waals surface area contributed by atoms with E-state index >= 15 is 0 Å². The number of nitrogens with one attached hydrogen (secondary N) is 1. The molecule has 16 heavy (non-hydrogen) atoms. The molecule has 0 saturated heterocycles. The molecule has 0 saturated carbocycles. The van der Waals surface area contributed by atoms with Gasteiger partial charge >= 0.3 is 0 Å². The van der Waals surface area contributed by atoms with Crippen molar-refractivity contribution in [2.45, 2.75) is 39.5 Å². The molecular formula is C15H25N. The first-order valence-corrected chi connectivity index (χ1v) is 6.37. The number of aryl methyl sites for hydroxylation is 1. The largest absolute Gasteiger partial charge is 0.319 e. The van der Waals surface area contributed by atoms with E-state index in [1.807, 2.05) is 7.05 Å². The molecule has 1 aromatic rings. The van der Waals surface area contributed by atoms with Crippen molar-refractivity contribution in [3.8, 4) is 0 Å². The van der Waals surface area contributed by atoms with Crippen LogP contribution in [-0.2, 0) is 6.42 Å². The summed E-state index contributed by atoms with van der Waals surface area (Å²) in [6.45, 7) is 7.90. The fourth-order valence-electron chi connectivity index (χ4n) is 1.93. The first kappa shape index (κ1) is 13.2. The van der Waals surface area contributed by atoms with Crippen LogP contribution in [-0.4, -0.2) is 13.6 Å². The molecule has 1 N–H and O–H groups in total. The summed E-state index contributed by atoms with van der Waals surface area (Å²) in [7, 11) is 2.02. The number of benzene rings is 1. The summed E-state index contributed by atoms with van der Waals surface area (Å²) in [5.41, 5.74) is 2.90. The molecule has 0 aliphatic carbocycles. The van der Waals surface area contributed by atoms with E-state index in [-0.39, 0.29) is 0 Å². The van der Waals surface area contributed by atoms with Gasteiger partial charge in [-0.1, -0.05) is 45.0 Å². The fraction of sp³-hybridized carbons (Fsp3) is 0.600. The van der Waals surface area contributed by atoms with Crippen LogP contribution in [0, 0.1) is 5.92 Å². The van der Waals surface area contributed by atoms with Crippen LogP contribution in [0.25, 0.3) is 0 Å². The van der Waals surface area contributed by atoms with Crippen molar-refractivity contribution < 1.29 is 0 Å². The van der Waals surface area contributed by atoms with Gasteiger partial charge in [-0.15, -0.1) is 0 Å². The lowest BCUT2D eigenvalue weighted by atomic mass is 9.97. The first-order valence-electron chi connectivity index (χ1n) is 6.37. The highest BCUT2D eigenvalue weighted by molar-refractivity contribution is 5.24. The molecule has 0 aliphatic rings. The predicted molar refractivity (Wildman–Crippen MR) is 71.9 cm³/mol. The van der Waals surface area contributed by atoms with Crippen molar-refractivity contribution in [1.29, 1.82) is 0 Å². The molecule has 1 atom stereocenters. The summed E-state index contributed by atoms with van der Waals surface area (Å²) >= 11 is 0. The highest BCUT2D eigenvalue weighted by Crippen LogP contribution is 2.16. The maximum atomic E-state index is 3.23. The fourth-order valence-corrected chi connectivity index (χ4v) is 1.93. The zero-order chi connectivity index (χ0) is 12.0.